The molecule has 0 atom stereocenters. The molecule has 1 N–H and O–H groups in total. The van der Waals surface area contributed by atoms with Crippen molar-refractivity contribution in [3.8, 4) is 11.5 Å². The summed E-state index contributed by atoms with van der Waals surface area (Å²) in [6, 6.07) is 8.78. The van der Waals surface area contributed by atoms with E-state index in [0.717, 1.165) is 51.9 Å². The zero-order valence-electron chi connectivity index (χ0n) is 17.4. The van der Waals surface area contributed by atoms with E-state index in [1.165, 1.54) is 24.3 Å². The Balaban J connectivity index is 1.57. The maximum Gasteiger partial charge on any atom is 0.269 e. The number of benzene rings is 2. The Kier molecular flexibility index (Phi) is 6.55. The van der Waals surface area contributed by atoms with Crippen molar-refractivity contribution in [1.29, 1.82) is 0 Å². The SMILES string of the molecule is O=[N+]([O-])c1ccc(ON(O)c2cc(CN3CCCC3)c([O-])c(CN3CCCC3)c2)cc1. The van der Waals surface area contributed by atoms with E-state index in [9.17, 15) is 20.4 Å². The molecule has 0 bridgehead atoms. The molecule has 2 aliphatic heterocycles. The van der Waals surface area contributed by atoms with Gasteiger partial charge >= 0.3 is 0 Å². The summed E-state index contributed by atoms with van der Waals surface area (Å²) in [5.74, 6) is 0.271. The van der Waals surface area contributed by atoms with Crippen LogP contribution in [0.5, 0.6) is 11.5 Å². The highest BCUT2D eigenvalue weighted by Gasteiger charge is 2.18. The van der Waals surface area contributed by atoms with E-state index in [1.54, 1.807) is 12.1 Å². The Bertz CT molecular complexity index is 870. The molecule has 31 heavy (non-hydrogen) atoms. The van der Waals surface area contributed by atoms with Crippen LogP contribution in [0.3, 0.4) is 0 Å². The number of non-ortho nitro benzene ring substituents is 1. The first-order valence-electron chi connectivity index (χ1n) is 10.7. The standard InChI is InChI=1S/C22H28N4O5/c27-22-17(15-23-9-1-2-10-23)13-20(14-18(22)16-24-11-3-4-12-24)26(30)31-21-7-5-19(6-8-21)25(28)29/h5-8,13-14,27,30H,1-4,9-12,15-16H2/p-1. The van der Waals surface area contributed by atoms with Gasteiger partial charge in [0.25, 0.3) is 5.69 Å². The molecule has 2 aromatic rings. The number of likely N-dealkylation sites (tertiary alicyclic amines) is 2. The average Bonchev–Trinajstić information content (AvgIpc) is 3.45. The van der Waals surface area contributed by atoms with Crippen molar-refractivity contribution in [2.75, 3.05) is 31.4 Å². The Morgan fingerprint density at radius 2 is 1.42 bits per heavy atom. The van der Waals surface area contributed by atoms with E-state index in [2.05, 4.69) is 9.80 Å². The number of nitro groups is 1. The molecule has 0 saturated carbocycles. The summed E-state index contributed by atoms with van der Waals surface area (Å²) in [6.45, 7) is 4.96. The molecule has 9 heteroatoms. The summed E-state index contributed by atoms with van der Waals surface area (Å²) in [6.07, 6.45) is 4.52. The Labute approximate surface area is 181 Å². The molecular weight excluding hydrogens is 400 g/mol. The highest BCUT2D eigenvalue weighted by Crippen LogP contribution is 2.31. The van der Waals surface area contributed by atoms with Crippen LogP contribution in [0.1, 0.15) is 36.8 Å². The second kappa shape index (κ2) is 9.51. The Morgan fingerprint density at radius 3 is 1.87 bits per heavy atom. The van der Waals surface area contributed by atoms with Gasteiger partial charge in [0.05, 0.1) is 4.92 Å². The minimum absolute atomic E-state index is 0.0197. The van der Waals surface area contributed by atoms with Gasteiger partial charge in [-0.3, -0.25) is 25.1 Å². The number of rotatable bonds is 8. The van der Waals surface area contributed by atoms with Gasteiger partial charge in [-0.25, -0.2) is 0 Å². The molecule has 0 aliphatic carbocycles. The van der Waals surface area contributed by atoms with E-state index in [0.29, 0.717) is 35.1 Å². The lowest BCUT2D eigenvalue weighted by Gasteiger charge is -2.28. The molecule has 9 nitrogen and oxygen atoms in total. The molecule has 0 aromatic heterocycles. The fourth-order valence-corrected chi connectivity index (χ4v) is 4.23. The molecule has 0 spiro atoms. The van der Waals surface area contributed by atoms with Crippen LogP contribution >= 0.6 is 0 Å². The fraction of sp³-hybridized carbons (Fsp3) is 0.455. The van der Waals surface area contributed by atoms with E-state index in [1.807, 2.05) is 0 Å². The monoisotopic (exact) mass is 427 g/mol. The molecule has 2 fully saturated rings. The van der Waals surface area contributed by atoms with Gasteiger partial charge in [-0.1, -0.05) is 11.0 Å². The van der Waals surface area contributed by atoms with Crippen LogP contribution in [0.4, 0.5) is 11.4 Å². The van der Waals surface area contributed by atoms with Crippen molar-refractivity contribution < 1.29 is 20.1 Å². The number of hydrogen-bond acceptors (Lipinski definition) is 8. The lowest BCUT2D eigenvalue weighted by atomic mass is 10.1. The van der Waals surface area contributed by atoms with Gasteiger partial charge in [0.2, 0.25) is 0 Å². The van der Waals surface area contributed by atoms with E-state index < -0.39 is 4.92 Å². The third-order valence-electron chi connectivity index (χ3n) is 5.87. The first-order valence-corrected chi connectivity index (χ1v) is 10.7. The highest BCUT2D eigenvalue weighted by molar-refractivity contribution is 5.54. The van der Waals surface area contributed by atoms with Gasteiger partial charge in [-0.2, -0.15) is 0 Å². The summed E-state index contributed by atoms with van der Waals surface area (Å²) < 4.78 is 0. The number of nitro benzene ring substituents is 1. The highest BCUT2D eigenvalue weighted by atomic mass is 16.9. The molecule has 2 aromatic carbocycles. The number of hydrogen-bond donors (Lipinski definition) is 1. The van der Waals surface area contributed by atoms with Crippen molar-refractivity contribution in [2.24, 2.45) is 0 Å². The lowest BCUT2D eigenvalue weighted by molar-refractivity contribution is -0.384. The van der Waals surface area contributed by atoms with Gasteiger partial charge in [-0.15, -0.1) is 0 Å². The van der Waals surface area contributed by atoms with Crippen LogP contribution in [0.25, 0.3) is 0 Å². The summed E-state index contributed by atoms with van der Waals surface area (Å²) in [5.41, 5.74) is 1.58. The summed E-state index contributed by atoms with van der Waals surface area (Å²) in [7, 11) is 0. The number of nitrogens with zero attached hydrogens (tertiary/aromatic N) is 4. The Morgan fingerprint density at radius 1 is 0.935 bits per heavy atom. The quantitative estimate of drug-likeness (QED) is 0.506. The van der Waals surface area contributed by atoms with Crippen LogP contribution in [0, 0.1) is 10.1 Å². The molecule has 4 rings (SSSR count). The van der Waals surface area contributed by atoms with Gasteiger partial charge < -0.3 is 9.94 Å². The van der Waals surface area contributed by atoms with Gasteiger partial charge in [0.1, 0.15) is 5.69 Å². The van der Waals surface area contributed by atoms with E-state index >= 15 is 0 Å². The van der Waals surface area contributed by atoms with Gasteiger partial charge in [-0.05, 0) is 87.3 Å². The zero-order valence-corrected chi connectivity index (χ0v) is 17.4. The van der Waals surface area contributed by atoms with Crippen LogP contribution < -0.4 is 15.2 Å². The van der Waals surface area contributed by atoms with Crippen molar-refractivity contribution in [3.05, 3.63) is 57.6 Å². The smallest absolute Gasteiger partial charge is 0.269 e. The third kappa shape index (κ3) is 5.25. The van der Waals surface area contributed by atoms with Crippen LogP contribution in [-0.4, -0.2) is 46.1 Å². The fourth-order valence-electron chi connectivity index (χ4n) is 4.23. The summed E-state index contributed by atoms with van der Waals surface area (Å²) in [4.78, 5) is 20.3. The average molecular weight is 427 g/mol. The van der Waals surface area contributed by atoms with Crippen LogP contribution in [0.2, 0.25) is 0 Å². The molecular formula is C22H27N4O5-. The molecule has 0 radical (unpaired) electrons. The van der Waals surface area contributed by atoms with Crippen molar-refractivity contribution in [2.45, 2.75) is 38.8 Å². The maximum absolute atomic E-state index is 13.1. The molecule has 2 heterocycles. The summed E-state index contributed by atoms with van der Waals surface area (Å²) >= 11 is 0. The molecule has 166 valence electrons. The Hall–Kier alpha value is -2.88. The first kappa shape index (κ1) is 21.4. The lowest BCUT2D eigenvalue weighted by Crippen LogP contribution is -2.26. The molecule has 0 unspecified atom stereocenters. The maximum atomic E-state index is 13.1. The summed E-state index contributed by atoms with van der Waals surface area (Å²) in [5, 5.41) is 35.1. The van der Waals surface area contributed by atoms with Crippen molar-refractivity contribution in [1.82, 2.24) is 9.80 Å². The normalized spacial score (nSPS) is 17.2. The first-order chi connectivity index (χ1) is 15.0. The van der Waals surface area contributed by atoms with E-state index in [-0.39, 0.29) is 17.2 Å². The van der Waals surface area contributed by atoms with Gasteiger partial charge in [0, 0.05) is 25.2 Å². The number of anilines is 1. The largest absolute Gasteiger partial charge is 0.872 e. The van der Waals surface area contributed by atoms with Crippen LogP contribution in [-0.2, 0) is 13.1 Å². The molecule has 0 amide bonds. The predicted molar refractivity (Wildman–Crippen MR) is 113 cm³/mol. The topological polar surface area (TPSA) is 105 Å². The second-order valence-corrected chi connectivity index (χ2v) is 8.17. The molecule has 2 saturated heterocycles. The third-order valence-corrected chi connectivity index (χ3v) is 5.87. The molecule has 2 aliphatic rings. The predicted octanol–water partition coefficient (Wildman–Crippen LogP) is 3.05. The second-order valence-electron chi connectivity index (χ2n) is 8.17. The van der Waals surface area contributed by atoms with E-state index in [4.69, 9.17) is 4.84 Å². The van der Waals surface area contributed by atoms with Crippen molar-refractivity contribution >= 4 is 11.4 Å². The minimum atomic E-state index is -0.497. The minimum Gasteiger partial charge on any atom is -0.872 e. The zero-order chi connectivity index (χ0) is 21.8. The van der Waals surface area contributed by atoms with Crippen molar-refractivity contribution in [3.63, 3.8) is 0 Å². The van der Waals surface area contributed by atoms with Gasteiger partial charge in [0.15, 0.2) is 5.75 Å². The van der Waals surface area contributed by atoms with Crippen LogP contribution in [0.15, 0.2) is 36.4 Å².